The van der Waals surface area contributed by atoms with Gasteiger partial charge in [-0.15, -0.1) is 0 Å². The number of likely N-dealkylation sites (N-methyl/N-ethyl adjacent to an activating group) is 1. The lowest BCUT2D eigenvalue weighted by atomic mass is 10.0. The molecule has 1 aliphatic rings. The molecular formula is C16H25NOS2. The third-order valence-corrected chi connectivity index (χ3v) is 6.98. The van der Waals surface area contributed by atoms with Gasteiger partial charge in [-0.3, -0.25) is 0 Å². The molecule has 3 unspecified atom stereocenters. The van der Waals surface area contributed by atoms with Crippen LogP contribution in [0.5, 0.6) is 5.75 Å². The highest BCUT2D eigenvalue weighted by Gasteiger charge is 2.30. The maximum atomic E-state index is 5.50. The van der Waals surface area contributed by atoms with E-state index in [0.29, 0.717) is 16.5 Å². The summed E-state index contributed by atoms with van der Waals surface area (Å²) < 4.78 is 5.50. The molecule has 1 fully saturated rings. The lowest BCUT2D eigenvalue weighted by Gasteiger charge is -2.35. The third kappa shape index (κ3) is 4.09. The van der Waals surface area contributed by atoms with Crippen molar-refractivity contribution < 1.29 is 4.74 Å². The second-order valence-corrected chi connectivity index (χ2v) is 7.86. The number of benzene rings is 1. The zero-order chi connectivity index (χ0) is 14.4. The fourth-order valence-electron chi connectivity index (χ4n) is 2.77. The van der Waals surface area contributed by atoms with Gasteiger partial charge >= 0.3 is 0 Å². The van der Waals surface area contributed by atoms with E-state index >= 15 is 0 Å². The van der Waals surface area contributed by atoms with Gasteiger partial charge < -0.3 is 10.1 Å². The third-order valence-electron chi connectivity index (χ3n) is 3.73. The van der Waals surface area contributed by atoms with Crippen molar-refractivity contribution >= 4 is 23.5 Å². The van der Waals surface area contributed by atoms with Gasteiger partial charge in [-0.25, -0.2) is 0 Å². The average Bonchev–Trinajstić information content (AvgIpc) is 2.48. The van der Waals surface area contributed by atoms with Crippen LogP contribution in [0.3, 0.4) is 0 Å². The molecule has 0 aliphatic carbocycles. The Bertz CT molecular complexity index is 413. The van der Waals surface area contributed by atoms with Gasteiger partial charge in [-0.05, 0) is 24.6 Å². The largest absolute Gasteiger partial charge is 0.496 e. The topological polar surface area (TPSA) is 21.3 Å². The van der Waals surface area contributed by atoms with E-state index in [0.717, 1.165) is 18.7 Å². The van der Waals surface area contributed by atoms with Crippen molar-refractivity contribution in [2.75, 3.05) is 25.2 Å². The van der Waals surface area contributed by atoms with Crippen LogP contribution in [0.4, 0.5) is 0 Å². The van der Waals surface area contributed by atoms with Gasteiger partial charge in [-0.2, -0.15) is 23.5 Å². The number of para-hydroxylation sites is 1. The number of ether oxygens (including phenoxy) is 1. The SMILES string of the molecule is CCNC(Cc1ccccc1OC)C1SCCSC1C. The Labute approximate surface area is 131 Å². The van der Waals surface area contributed by atoms with Crippen molar-refractivity contribution in [3.05, 3.63) is 29.8 Å². The second-order valence-electron chi connectivity index (χ2n) is 5.09. The molecule has 2 rings (SSSR count). The lowest BCUT2D eigenvalue weighted by Crippen LogP contribution is -2.45. The molecule has 0 saturated carbocycles. The summed E-state index contributed by atoms with van der Waals surface area (Å²) in [7, 11) is 1.76. The highest BCUT2D eigenvalue weighted by atomic mass is 32.2. The molecule has 0 spiro atoms. The molecule has 0 amide bonds. The maximum absolute atomic E-state index is 5.50. The molecule has 1 saturated heterocycles. The number of thioether (sulfide) groups is 2. The van der Waals surface area contributed by atoms with Gasteiger partial charge in [0.15, 0.2) is 0 Å². The fourth-order valence-corrected chi connectivity index (χ4v) is 5.73. The summed E-state index contributed by atoms with van der Waals surface area (Å²) in [5, 5.41) is 5.09. The summed E-state index contributed by atoms with van der Waals surface area (Å²) in [6.45, 7) is 5.59. The summed E-state index contributed by atoms with van der Waals surface area (Å²) in [6, 6.07) is 8.91. The standard InChI is InChI=1S/C16H25NOS2/c1-4-17-14(16-12(2)19-9-10-20-16)11-13-7-5-6-8-15(13)18-3/h5-8,12,14,16-17H,4,9-11H2,1-3H3. The van der Waals surface area contributed by atoms with E-state index in [-0.39, 0.29) is 0 Å². The Morgan fingerprint density at radius 3 is 2.75 bits per heavy atom. The maximum Gasteiger partial charge on any atom is 0.122 e. The molecule has 4 heteroatoms. The number of methoxy groups -OCH3 is 1. The van der Waals surface area contributed by atoms with Crippen molar-refractivity contribution in [2.24, 2.45) is 0 Å². The minimum absolute atomic E-state index is 0.518. The van der Waals surface area contributed by atoms with E-state index in [9.17, 15) is 0 Å². The molecule has 2 nitrogen and oxygen atoms in total. The van der Waals surface area contributed by atoms with Gasteiger partial charge in [-0.1, -0.05) is 32.0 Å². The second kappa shape index (κ2) is 8.20. The van der Waals surface area contributed by atoms with E-state index in [4.69, 9.17) is 4.74 Å². The number of rotatable bonds is 6. The highest BCUT2D eigenvalue weighted by Crippen LogP contribution is 2.34. The summed E-state index contributed by atoms with van der Waals surface area (Å²) in [5.74, 6) is 3.57. The van der Waals surface area contributed by atoms with Crippen molar-refractivity contribution in [3.63, 3.8) is 0 Å². The summed E-state index contributed by atoms with van der Waals surface area (Å²) >= 11 is 4.24. The lowest BCUT2D eigenvalue weighted by molar-refractivity contribution is 0.404. The molecule has 1 heterocycles. The van der Waals surface area contributed by atoms with Crippen LogP contribution in [-0.2, 0) is 6.42 Å². The summed E-state index contributed by atoms with van der Waals surface area (Å²) in [5.41, 5.74) is 1.31. The number of hydrogen-bond donors (Lipinski definition) is 1. The smallest absolute Gasteiger partial charge is 0.122 e. The van der Waals surface area contributed by atoms with Crippen LogP contribution >= 0.6 is 23.5 Å². The Morgan fingerprint density at radius 2 is 2.05 bits per heavy atom. The molecule has 1 N–H and O–H groups in total. The zero-order valence-electron chi connectivity index (χ0n) is 12.6. The van der Waals surface area contributed by atoms with Crippen LogP contribution in [0.2, 0.25) is 0 Å². The van der Waals surface area contributed by atoms with Gasteiger partial charge in [0.25, 0.3) is 0 Å². The minimum Gasteiger partial charge on any atom is -0.496 e. The minimum atomic E-state index is 0.518. The van der Waals surface area contributed by atoms with E-state index in [1.165, 1.54) is 17.1 Å². The first-order valence-electron chi connectivity index (χ1n) is 7.34. The normalized spacial score (nSPS) is 24.4. The molecule has 0 bridgehead atoms. The first-order chi connectivity index (χ1) is 9.76. The Morgan fingerprint density at radius 1 is 1.30 bits per heavy atom. The molecule has 0 aromatic heterocycles. The first kappa shape index (κ1) is 16.1. The highest BCUT2D eigenvalue weighted by molar-refractivity contribution is 8.07. The van der Waals surface area contributed by atoms with E-state index in [1.807, 2.05) is 6.07 Å². The van der Waals surface area contributed by atoms with Crippen molar-refractivity contribution in [3.8, 4) is 5.75 Å². The number of hydrogen-bond acceptors (Lipinski definition) is 4. The zero-order valence-corrected chi connectivity index (χ0v) is 14.2. The van der Waals surface area contributed by atoms with Gasteiger partial charge in [0.2, 0.25) is 0 Å². The molecule has 20 heavy (non-hydrogen) atoms. The van der Waals surface area contributed by atoms with Crippen molar-refractivity contribution in [2.45, 2.75) is 36.8 Å². The Hall–Kier alpha value is -0.320. The molecule has 3 atom stereocenters. The predicted octanol–water partition coefficient (Wildman–Crippen LogP) is 3.45. The van der Waals surface area contributed by atoms with Gasteiger partial charge in [0.05, 0.1) is 7.11 Å². The molecule has 1 aromatic carbocycles. The molecular weight excluding hydrogens is 286 g/mol. The summed E-state index contributed by atoms with van der Waals surface area (Å²) in [4.78, 5) is 0. The van der Waals surface area contributed by atoms with Crippen LogP contribution in [0.15, 0.2) is 24.3 Å². The van der Waals surface area contributed by atoms with Gasteiger partial charge in [0.1, 0.15) is 5.75 Å². The monoisotopic (exact) mass is 311 g/mol. The van der Waals surface area contributed by atoms with E-state index < -0.39 is 0 Å². The number of nitrogens with one attached hydrogen (secondary N) is 1. The molecule has 112 valence electrons. The Kier molecular flexibility index (Phi) is 6.59. The van der Waals surface area contributed by atoms with Crippen LogP contribution < -0.4 is 10.1 Å². The van der Waals surface area contributed by atoms with Crippen molar-refractivity contribution in [1.82, 2.24) is 5.32 Å². The molecule has 1 aliphatic heterocycles. The van der Waals surface area contributed by atoms with Crippen LogP contribution in [-0.4, -0.2) is 41.7 Å². The van der Waals surface area contributed by atoms with Crippen LogP contribution in [0.1, 0.15) is 19.4 Å². The quantitative estimate of drug-likeness (QED) is 0.868. The Balaban J connectivity index is 2.12. The van der Waals surface area contributed by atoms with Crippen molar-refractivity contribution in [1.29, 1.82) is 0 Å². The fraction of sp³-hybridized carbons (Fsp3) is 0.625. The van der Waals surface area contributed by atoms with Gasteiger partial charge in [0, 0.05) is 28.0 Å². The average molecular weight is 312 g/mol. The molecule has 1 aromatic rings. The molecule has 0 radical (unpaired) electrons. The first-order valence-corrected chi connectivity index (χ1v) is 9.44. The van der Waals surface area contributed by atoms with E-state index in [2.05, 4.69) is 60.9 Å². The van der Waals surface area contributed by atoms with E-state index in [1.54, 1.807) is 7.11 Å². The van der Waals surface area contributed by atoms with Crippen LogP contribution in [0, 0.1) is 0 Å². The summed E-state index contributed by atoms with van der Waals surface area (Å²) in [6.07, 6.45) is 1.04. The predicted molar refractivity (Wildman–Crippen MR) is 92.3 cm³/mol. The van der Waals surface area contributed by atoms with Crippen LogP contribution in [0.25, 0.3) is 0 Å².